The van der Waals surface area contributed by atoms with E-state index < -0.39 is 33.4 Å². The van der Waals surface area contributed by atoms with Crippen molar-refractivity contribution in [2.24, 2.45) is 0 Å². The van der Waals surface area contributed by atoms with E-state index in [1.54, 1.807) is 0 Å². The van der Waals surface area contributed by atoms with Crippen LogP contribution >= 0.6 is 34.8 Å². The van der Waals surface area contributed by atoms with Gasteiger partial charge >= 0.3 is 6.18 Å². The minimum atomic E-state index is -4.70. The highest BCUT2D eigenvalue weighted by molar-refractivity contribution is 7.92. The second-order valence-corrected chi connectivity index (χ2v) is 9.46. The number of sulfonamides is 1. The average molecular weight is 504 g/mol. The Bertz CT molecular complexity index is 1050. The molecule has 0 aromatic heterocycles. The summed E-state index contributed by atoms with van der Waals surface area (Å²) >= 11 is 17.6. The van der Waals surface area contributed by atoms with Crippen molar-refractivity contribution in [3.63, 3.8) is 0 Å². The Kier molecular flexibility index (Phi) is 7.90. The molecule has 5 nitrogen and oxygen atoms in total. The number of alkyl halides is 3. The molecule has 0 aliphatic rings. The van der Waals surface area contributed by atoms with Gasteiger partial charge in [0.15, 0.2) is 0 Å². The molecule has 2 rings (SSSR count). The first-order valence-electron chi connectivity index (χ1n) is 8.38. The van der Waals surface area contributed by atoms with Gasteiger partial charge in [-0.05, 0) is 42.8 Å². The van der Waals surface area contributed by atoms with E-state index in [1.807, 2.05) is 0 Å². The minimum Gasteiger partial charge on any atom is -0.326 e. The van der Waals surface area contributed by atoms with E-state index in [1.165, 1.54) is 24.3 Å². The molecule has 1 amide bonds. The molecule has 0 saturated heterocycles. The number of amides is 1. The highest BCUT2D eigenvalue weighted by atomic mass is 35.5. The van der Waals surface area contributed by atoms with E-state index in [-0.39, 0.29) is 40.1 Å². The molecule has 0 heterocycles. The fraction of sp³-hybridized carbons (Fsp3) is 0.278. The van der Waals surface area contributed by atoms with Crippen LogP contribution < -0.4 is 9.62 Å². The van der Waals surface area contributed by atoms with Gasteiger partial charge in [0.2, 0.25) is 15.9 Å². The van der Waals surface area contributed by atoms with Crippen molar-refractivity contribution in [1.82, 2.24) is 0 Å². The monoisotopic (exact) mass is 502 g/mol. The maximum Gasteiger partial charge on any atom is 0.418 e. The first kappa shape index (κ1) is 24.6. The topological polar surface area (TPSA) is 66.5 Å². The third-order valence-corrected chi connectivity index (χ3v) is 5.87. The van der Waals surface area contributed by atoms with E-state index in [2.05, 4.69) is 5.32 Å². The zero-order valence-corrected chi connectivity index (χ0v) is 18.5. The lowest BCUT2D eigenvalue weighted by atomic mass is 10.1. The van der Waals surface area contributed by atoms with Crippen LogP contribution in [0.5, 0.6) is 0 Å². The van der Waals surface area contributed by atoms with Gasteiger partial charge in [0.05, 0.1) is 28.2 Å². The van der Waals surface area contributed by atoms with Crippen LogP contribution in [0.2, 0.25) is 15.1 Å². The van der Waals surface area contributed by atoms with E-state index in [0.717, 1.165) is 16.6 Å². The lowest BCUT2D eigenvalue weighted by Gasteiger charge is -2.23. The van der Waals surface area contributed by atoms with Crippen molar-refractivity contribution >= 4 is 62.1 Å². The van der Waals surface area contributed by atoms with Crippen molar-refractivity contribution in [1.29, 1.82) is 0 Å². The Labute approximate surface area is 186 Å². The molecule has 0 saturated carbocycles. The van der Waals surface area contributed by atoms with Crippen LogP contribution in [0.3, 0.4) is 0 Å². The highest BCUT2D eigenvalue weighted by Gasteiger charge is 2.34. The molecule has 2 aromatic carbocycles. The largest absolute Gasteiger partial charge is 0.418 e. The fourth-order valence-electron chi connectivity index (χ4n) is 2.60. The number of nitrogens with one attached hydrogen (secondary N) is 1. The van der Waals surface area contributed by atoms with Crippen molar-refractivity contribution in [2.45, 2.75) is 19.0 Å². The molecule has 12 heteroatoms. The minimum absolute atomic E-state index is 0.0245. The molecule has 1 N–H and O–H groups in total. The van der Waals surface area contributed by atoms with Gasteiger partial charge in [-0.2, -0.15) is 13.2 Å². The third kappa shape index (κ3) is 6.66. The van der Waals surface area contributed by atoms with Crippen LogP contribution in [-0.2, 0) is 21.0 Å². The fourth-order valence-corrected chi connectivity index (χ4v) is 4.18. The Morgan fingerprint density at radius 2 is 1.67 bits per heavy atom. The lowest BCUT2D eigenvalue weighted by molar-refractivity contribution is -0.137. The predicted molar refractivity (Wildman–Crippen MR) is 113 cm³/mol. The summed E-state index contributed by atoms with van der Waals surface area (Å²) in [6.45, 7) is -0.126. The molecule has 0 spiro atoms. The van der Waals surface area contributed by atoms with Crippen LogP contribution in [0.15, 0.2) is 36.4 Å². The van der Waals surface area contributed by atoms with Crippen LogP contribution in [0.4, 0.5) is 24.5 Å². The first-order valence-corrected chi connectivity index (χ1v) is 11.4. The summed E-state index contributed by atoms with van der Waals surface area (Å²) in [7, 11) is -3.75. The van der Waals surface area contributed by atoms with Crippen LogP contribution in [0.1, 0.15) is 18.4 Å². The smallest absolute Gasteiger partial charge is 0.326 e. The Hall–Kier alpha value is -1.68. The van der Waals surface area contributed by atoms with Crippen molar-refractivity contribution in [3.05, 3.63) is 57.0 Å². The van der Waals surface area contributed by atoms with E-state index >= 15 is 0 Å². The SMILES string of the molecule is CS(=O)(=O)N(CCCC(=O)Nc1ccc(Cl)cc1C(F)(F)F)c1cc(Cl)ccc1Cl. The van der Waals surface area contributed by atoms with Gasteiger partial charge < -0.3 is 5.32 Å². The van der Waals surface area contributed by atoms with Gasteiger partial charge in [0, 0.05) is 23.0 Å². The van der Waals surface area contributed by atoms with Crippen LogP contribution in [0.25, 0.3) is 0 Å². The number of hydrogen-bond donors (Lipinski definition) is 1. The zero-order chi connectivity index (χ0) is 22.7. The molecule has 0 aliphatic heterocycles. The first-order chi connectivity index (χ1) is 13.8. The third-order valence-electron chi connectivity index (χ3n) is 3.90. The quantitative estimate of drug-likeness (QED) is 0.515. The van der Waals surface area contributed by atoms with E-state index in [4.69, 9.17) is 34.8 Å². The van der Waals surface area contributed by atoms with Crippen molar-refractivity contribution in [3.8, 4) is 0 Å². The summed E-state index contributed by atoms with van der Waals surface area (Å²) in [5.41, 5.74) is -1.37. The van der Waals surface area contributed by atoms with Crippen molar-refractivity contribution < 1.29 is 26.4 Å². The summed E-state index contributed by atoms with van der Waals surface area (Å²) in [5, 5.41) is 2.47. The summed E-state index contributed by atoms with van der Waals surface area (Å²) in [6, 6.07) is 7.28. The van der Waals surface area contributed by atoms with Gasteiger partial charge in [-0.25, -0.2) is 8.42 Å². The molecule has 0 aliphatic carbocycles. The summed E-state index contributed by atoms with van der Waals surface area (Å²) in [4.78, 5) is 12.1. The van der Waals surface area contributed by atoms with E-state index in [9.17, 15) is 26.4 Å². The number of halogens is 6. The van der Waals surface area contributed by atoms with Gasteiger partial charge in [-0.15, -0.1) is 0 Å². The van der Waals surface area contributed by atoms with Gasteiger partial charge in [0.1, 0.15) is 0 Å². The number of anilines is 2. The van der Waals surface area contributed by atoms with E-state index in [0.29, 0.717) is 6.07 Å². The average Bonchev–Trinajstić information content (AvgIpc) is 2.61. The molecular weight excluding hydrogens is 488 g/mol. The van der Waals surface area contributed by atoms with Crippen LogP contribution in [-0.4, -0.2) is 27.1 Å². The van der Waals surface area contributed by atoms with Crippen molar-refractivity contribution in [2.75, 3.05) is 22.4 Å². The predicted octanol–water partition coefficient (Wildman–Crippen LogP) is 5.85. The highest BCUT2D eigenvalue weighted by Crippen LogP contribution is 2.36. The normalized spacial score (nSPS) is 12.0. The number of benzene rings is 2. The van der Waals surface area contributed by atoms with Gasteiger partial charge in [0.25, 0.3) is 0 Å². The maximum atomic E-state index is 13.1. The molecule has 0 bridgehead atoms. The zero-order valence-electron chi connectivity index (χ0n) is 15.4. The standard InChI is InChI=1S/C18H16Cl3F3N2O3S/c1-30(28,29)26(16-10-12(20)4-6-14(16)21)8-2-3-17(27)25-15-7-5-11(19)9-13(15)18(22,23)24/h4-7,9-10H,2-3,8H2,1H3,(H,25,27). The second kappa shape index (κ2) is 9.64. The lowest BCUT2D eigenvalue weighted by Crippen LogP contribution is -2.31. The van der Waals surface area contributed by atoms with Gasteiger partial charge in [-0.3, -0.25) is 9.10 Å². The Balaban J connectivity index is 2.10. The second-order valence-electron chi connectivity index (χ2n) is 6.27. The van der Waals surface area contributed by atoms with Gasteiger partial charge in [-0.1, -0.05) is 34.8 Å². The Morgan fingerprint density at radius 3 is 2.27 bits per heavy atom. The molecule has 0 unspecified atom stereocenters. The molecule has 30 heavy (non-hydrogen) atoms. The molecule has 2 aromatic rings. The molecular formula is C18H16Cl3F3N2O3S. The number of carbonyl (C=O) groups excluding carboxylic acids is 1. The summed E-state index contributed by atoms with van der Waals surface area (Å²) in [6.07, 6.45) is -3.95. The van der Waals surface area contributed by atoms with Crippen LogP contribution in [0, 0.1) is 0 Å². The Morgan fingerprint density at radius 1 is 1.07 bits per heavy atom. The number of hydrogen-bond acceptors (Lipinski definition) is 3. The molecule has 0 radical (unpaired) electrons. The molecule has 0 atom stereocenters. The maximum absolute atomic E-state index is 13.1. The summed E-state index contributed by atoms with van der Waals surface area (Å²) in [5.74, 6) is -0.714. The summed E-state index contributed by atoms with van der Waals surface area (Å²) < 4.78 is 64.6. The number of carbonyl (C=O) groups is 1. The number of nitrogens with zero attached hydrogens (tertiary/aromatic N) is 1. The number of rotatable bonds is 7. The molecule has 0 fully saturated rings. The molecule has 164 valence electrons.